The number of aryl methyl sites for hydroxylation is 2. The van der Waals surface area contributed by atoms with Gasteiger partial charge in [-0.1, -0.05) is 23.2 Å². The van der Waals surface area contributed by atoms with E-state index in [9.17, 15) is 17.6 Å². The zero-order chi connectivity index (χ0) is 28.9. The van der Waals surface area contributed by atoms with Crippen LogP contribution < -0.4 is 15.2 Å². The molecule has 10 nitrogen and oxygen atoms in total. The largest absolute Gasteiger partial charge is 0.437 e. The number of hydrogen-bond acceptors (Lipinski definition) is 7. The molecule has 5 rings (SSSR count). The van der Waals surface area contributed by atoms with Crippen LogP contribution in [0.15, 0.2) is 48.7 Å². The number of nitrogen functional groups attached to an aromatic ring is 1. The number of carbonyl (C=O) groups excluding carboxylic acids is 1. The molecule has 0 radical (unpaired) electrons. The number of ketones is 1. The zero-order valence-electron chi connectivity index (χ0n) is 21.2. The molecule has 14 heteroatoms. The molecule has 5 aromatic rings. The normalized spacial score (nSPS) is 11.7. The van der Waals surface area contributed by atoms with E-state index >= 15 is 0 Å². The van der Waals surface area contributed by atoms with Crippen molar-refractivity contribution in [3.63, 3.8) is 0 Å². The Morgan fingerprint density at radius 3 is 2.60 bits per heavy atom. The summed E-state index contributed by atoms with van der Waals surface area (Å²) in [5.74, 6) is -0.588. The highest BCUT2D eigenvalue weighted by Crippen LogP contribution is 2.33. The first-order valence-electron chi connectivity index (χ1n) is 11.6. The van der Waals surface area contributed by atoms with Crippen molar-refractivity contribution >= 4 is 61.4 Å². The quantitative estimate of drug-likeness (QED) is 0.200. The van der Waals surface area contributed by atoms with E-state index in [0.29, 0.717) is 43.6 Å². The van der Waals surface area contributed by atoms with Crippen LogP contribution in [-0.4, -0.2) is 40.2 Å². The number of halogens is 3. The number of aromatic nitrogens is 4. The van der Waals surface area contributed by atoms with Crippen LogP contribution in [-0.2, 0) is 10.0 Å². The molecule has 0 aliphatic rings. The lowest BCUT2D eigenvalue weighted by Crippen LogP contribution is -2.10. The molecule has 3 heterocycles. The second-order valence-electron chi connectivity index (χ2n) is 9.05. The van der Waals surface area contributed by atoms with E-state index < -0.39 is 21.6 Å². The van der Waals surface area contributed by atoms with Gasteiger partial charge in [0, 0.05) is 28.1 Å². The molecule has 0 aliphatic heterocycles. The molecule has 0 fully saturated rings. The topological polar surface area (TPSA) is 145 Å². The molecule has 0 spiro atoms. The number of sulfonamides is 1. The van der Waals surface area contributed by atoms with E-state index in [2.05, 4.69) is 19.8 Å². The van der Waals surface area contributed by atoms with Crippen LogP contribution in [0.25, 0.3) is 16.6 Å². The molecule has 2 aromatic carbocycles. The summed E-state index contributed by atoms with van der Waals surface area (Å²) >= 11 is 12.2. The van der Waals surface area contributed by atoms with Gasteiger partial charge in [0.05, 0.1) is 45.8 Å². The molecule has 0 amide bonds. The van der Waals surface area contributed by atoms with Crippen LogP contribution >= 0.6 is 23.2 Å². The Kier molecular flexibility index (Phi) is 6.94. The summed E-state index contributed by atoms with van der Waals surface area (Å²) in [6, 6.07) is 10.4. The van der Waals surface area contributed by atoms with E-state index in [1.165, 1.54) is 23.0 Å². The van der Waals surface area contributed by atoms with E-state index in [-0.39, 0.29) is 28.6 Å². The maximum atomic E-state index is 14.4. The van der Waals surface area contributed by atoms with E-state index in [0.717, 1.165) is 12.3 Å². The molecule has 0 bridgehead atoms. The molecule has 0 unspecified atom stereocenters. The van der Waals surface area contributed by atoms with Gasteiger partial charge in [0.25, 0.3) is 0 Å². The van der Waals surface area contributed by atoms with Crippen molar-refractivity contribution in [2.45, 2.75) is 13.8 Å². The summed E-state index contributed by atoms with van der Waals surface area (Å²) in [5, 5.41) is 5.51. The zero-order valence-corrected chi connectivity index (χ0v) is 23.5. The standard InChI is InChI=1S/C26H21Cl2FN6O4S/c1-12-6-23(39-22-9-15(27)4-5-17(22)28)32-13(2)24(12)35-26(30)16(11-31-35)25(36)21-8-14-7-18(29)20(10-19(14)33-21)34-40(3,37)38/h4-11,33-34H,30H2,1-3H3. The maximum Gasteiger partial charge on any atom is 0.229 e. The van der Waals surface area contributed by atoms with Crippen molar-refractivity contribution in [3.8, 4) is 17.3 Å². The molecule has 3 aromatic heterocycles. The number of aromatic amines is 1. The number of H-pyrrole nitrogens is 1. The van der Waals surface area contributed by atoms with Crippen molar-refractivity contribution in [1.82, 2.24) is 19.7 Å². The Balaban J connectivity index is 1.46. The number of benzene rings is 2. The molecule has 0 saturated carbocycles. The molecule has 0 aliphatic carbocycles. The first-order chi connectivity index (χ1) is 18.8. The van der Waals surface area contributed by atoms with Crippen LogP contribution in [0, 0.1) is 19.7 Å². The number of nitrogens with one attached hydrogen (secondary N) is 2. The first-order valence-corrected chi connectivity index (χ1v) is 14.2. The predicted molar refractivity (Wildman–Crippen MR) is 152 cm³/mol. The van der Waals surface area contributed by atoms with Crippen LogP contribution in [0.5, 0.6) is 11.6 Å². The Morgan fingerprint density at radius 1 is 1.15 bits per heavy atom. The van der Waals surface area contributed by atoms with E-state index in [1.54, 1.807) is 31.2 Å². The highest BCUT2D eigenvalue weighted by atomic mass is 35.5. The summed E-state index contributed by atoms with van der Waals surface area (Å²) in [5.41, 5.74) is 8.47. The van der Waals surface area contributed by atoms with Gasteiger partial charge in [0.15, 0.2) is 0 Å². The Bertz CT molecular complexity index is 1910. The average molecular weight is 603 g/mol. The van der Waals surface area contributed by atoms with Crippen molar-refractivity contribution in [3.05, 3.63) is 87.0 Å². The molecule has 0 saturated heterocycles. The number of carbonyl (C=O) groups is 1. The van der Waals surface area contributed by atoms with Crippen molar-refractivity contribution in [2.75, 3.05) is 16.7 Å². The number of anilines is 2. The summed E-state index contributed by atoms with van der Waals surface area (Å²) in [4.78, 5) is 20.7. The smallest absolute Gasteiger partial charge is 0.229 e. The molecular weight excluding hydrogens is 582 g/mol. The molecule has 206 valence electrons. The number of rotatable bonds is 7. The lowest BCUT2D eigenvalue weighted by atomic mass is 10.1. The SMILES string of the molecule is Cc1cc(Oc2cc(Cl)ccc2Cl)nc(C)c1-n1ncc(C(=O)c2cc3cc(F)c(NS(C)(=O)=O)cc3[nH]2)c1N. The number of hydrogen-bond donors (Lipinski definition) is 3. The third kappa shape index (κ3) is 5.33. The summed E-state index contributed by atoms with van der Waals surface area (Å²) in [7, 11) is -3.70. The molecule has 4 N–H and O–H groups in total. The first kappa shape index (κ1) is 27.4. The summed E-state index contributed by atoms with van der Waals surface area (Å²) < 4.78 is 46.8. The van der Waals surface area contributed by atoms with Crippen molar-refractivity contribution in [2.24, 2.45) is 0 Å². The highest BCUT2D eigenvalue weighted by Gasteiger charge is 2.23. The summed E-state index contributed by atoms with van der Waals surface area (Å²) in [6.07, 6.45) is 2.24. The molecule has 40 heavy (non-hydrogen) atoms. The Labute approximate surface area is 237 Å². The van der Waals surface area contributed by atoms with Gasteiger partial charge in [-0.3, -0.25) is 9.52 Å². The fourth-order valence-electron chi connectivity index (χ4n) is 4.24. The minimum Gasteiger partial charge on any atom is -0.437 e. The monoisotopic (exact) mass is 602 g/mol. The Hall–Kier alpha value is -4.13. The third-order valence-corrected chi connectivity index (χ3v) is 7.09. The van der Waals surface area contributed by atoms with Crippen LogP contribution in [0.2, 0.25) is 10.0 Å². The average Bonchev–Trinajstić information content (AvgIpc) is 3.43. The van der Waals surface area contributed by atoms with E-state index in [4.69, 9.17) is 33.7 Å². The van der Waals surface area contributed by atoms with Crippen LogP contribution in [0.3, 0.4) is 0 Å². The maximum absolute atomic E-state index is 14.4. The number of fused-ring (bicyclic) bond motifs is 1. The highest BCUT2D eigenvalue weighted by molar-refractivity contribution is 7.92. The van der Waals surface area contributed by atoms with Gasteiger partial charge in [-0.25, -0.2) is 22.5 Å². The van der Waals surface area contributed by atoms with Crippen LogP contribution in [0.4, 0.5) is 15.9 Å². The lowest BCUT2D eigenvalue weighted by Gasteiger charge is -2.14. The van der Waals surface area contributed by atoms with Gasteiger partial charge in [-0.2, -0.15) is 5.10 Å². The number of ether oxygens (including phenoxy) is 1. The van der Waals surface area contributed by atoms with Gasteiger partial charge in [0.1, 0.15) is 17.4 Å². The van der Waals surface area contributed by atoms with Crippen molar-refractivity contribution in [1.29, 1.82) is 0 Å². The van der Waals surface area contributed by atoms with Crippen molar-refractivity contribution < 1.29 is 22.3 Å². The van der Waals surface area contributed by atoms with E-state index in [1.807, 2.05) is 6.92 Å². The van der Waals surface area contributed by atoms with Gasteiger partial charge in [-0.15, -0.1) is 0 Å². The predicted octanol–water partition coefficient (Wildman–Crippen LogP) is 5.79. The van der Waals surface area contributed by atoms with Gasteiger partial charge in [0.2, 0.25) is 21.7 Å². The second-order valence-corrected chi connectivity index (χ2v) is 11.6. The number of pyridine rings is 1. The Morgan fingerprint density at radius 2 is 1.90 bits per heavy atom. The second kappa shape index (κ2) is 10.1. The third-order valence-electron chi connectivity index (χ3n) is 5.95. The summed E-state index contributed by atoms with van der Waals surface area (Å²) in [6.45, 7) is 3.55. The fourth-order valence-corrected chi connectivity index (χ4v) is 5.11. The lowest BCUT2D eigenvalue weighted by molar-refractivity contribution is 0.103. The minimum absolute atomic E-state index is 0.0637. The fraction of sp³-hybridized carbons (Fsp3) is 0.115. The number of nitrogens with two attached hydrogens (primary N) is 1. The van der Waals surface area contributed by atoms with Gasteiger partial charge < -0.3 is 15.5 Å². The minimum atomic E-state index is -3.70. The van der Waals surface area contributed by atoms with Crippen LogP contribution in [0.1, 0.15) is 27.3 Å². The van der Waals surface area contributed by atoms with Gasteiger partial charge in [-0.05, 0) is 49.7 Å². The van der Waals surface area contributed by atoms with Gasteiger partial charge >= 0.3 is 0 Å². The molecule has 0 atom stereocenters. The number of nitrogens with zero attached hydrogens (tertiary/aromatic N) is 3. The molecular formula is C26H21Cl2FN6O4S.